The van der Waals surface area contributed by atoms with E-state index in [2.05, 4.69) is 19.1 Å². The van der Waals surface area contributed by atoms with Crippen molar-refractivity contribution in [2.75, 3.05) is 6.61 Å². The van der Waals surface area contributed by atoms with E-state index in [0.717, 1.165) is 23.1 Å². The Hall–Kier alpha value is -2.61. The lowest BCUT2D eigenvalue weighted by molar-refractivity contribution is 0.363. The summed E-state index contributed by atoms with van der Waals surface area (Å²) in [6.07, 6.45) is 8.66. The highest BCUT2D eigenvalue weighted by Crippen LogP contribution is 2.31. The molecule has 0 atom stereocenters. The minimum absolute atomic E-state index is 0.175. The largest absolute Gasteiger partial charge is 0.490 e. The van der Waals surface area contributed by atoms with Gasteiger partial charge < -0.3 is 4.74 Å². The number of benzene rings is 3. The predicted molar refractivity (Wildman–Crippen MR) is 113 cm³/mol. The van der Waals surface area contributed by atoms with E-state index in [-0.39, 0.29) is 5.82 Å². The SMILES string of the molecule is CC=CCOc1ccc2c(F)c(-c3ccc(CCCCC)cc3)ccc2c1. The minimum atomic E-state index is -0.175. The average Bonchev–Trinajstić information content (AvgIpc) is 2.69. The maximum Gasteiger partial charge on any atom is 0.138 e. The van der Waals surface area contributed by atoms with Crippen LogP contribution in [0.4, 0.5) is 4.39 Å². The first-order valence-electron chi connectivity index (χ1n) is 9.78. The molecule has 0 aliphatic carbocycles. The van der Waals surface area contributed by atoms with E-state index in [1.165, 1.54) is 24.8 Å². The molecule has 0 radical (unpaired) electrons. The molecule has 27 heavy (non-hydrogen) atoms. The maximum absolute atomic E-state index is 15.1. The number of allylic oxidation sites excluding steroid dienone is 1. The van der Waals surface area contributed by atoms with Crippen LogP contribution in [0.2, 0.25) is 0 Å². The lowest BCUT2D eigenvalue weighted by Crippen LogP contribution is -1.94. The summed E-state index contributed by atoms with van der Waals surface area (Å²) in [6, 6.07) is 17.6. The molecule has 0 spiro atoms. The predicted octanol–water partition coefficient (Wildman–Crippen LogP) is 7.33. The van der Waals surface area contributed by atoms with Crippen LogP contribution in [0.1, 0.15) is 38.7 Å². The zero-order valence-electron chi connectivity index (χ0n) is 16.2. The van der Waals surface area contributed by atoms with Crippen LogP contribution in [0, 0.1) is 5.82 Å². The van der Waals surface area contributed by atoms with Gasteiger partial charge in [-0.05, 0) is 54.5 Å². The second-order valence-corrected chi connectivity index (χ2v) is 6.84. The van der Waals surface area contributed by atoms with Gasteiger partial charge in [-0.15, -0.1) is 0 Å². The second-order valence-electron chi connectivity index (χ2n) is 6.84. The van der Waals surface area contributed by atoms with Gasteiger partial charge in [0.05, 0.1) is 0 Å². The quantitative estimate of drug-likeness (QED) is 0.301. The van der Waals surface area contributed by atoms with Crippen molar-refractivity contribution in [2.45, 2.75) is 39.5 Å². The molecule has 2 heteroatoms. The fraction of sp³-hybridized carbons (Fsp3) is 0.280. The van der Waals surface area contributed by atoms with E-state index < -0.39 is 0 Å². The molecular formula is C25H27FO. The Balaban J connectivity index is 1.82. The Kier molecular flexibility index (Phi) is 6.64. The summed E-state index contributed by atoms with van der Waals surface area (Å²) in [4.78, 5) is 0. The van der Waals surface area contributed by atoms with Gasteiger partial charge in [-0.1, -0.05) is 68.3 Å². The van der Waals surface area contributed by atoms with Gasteiger partial charge in [-0.3, -0.25) is 0 Å². The van der Waals surface area contributed by atoms with Crippen molar-refractivity contribution in [3.8, 4) is 16.9 Å². The molecule has 0 aromatic heterocycles. The molecule has 0 aliphatic heterocycles. The van der Waals surface area contributed by atoms with Crippen molar-refractivity contribution in [1.82, 2.24) is 0 Å². The normalized spacial score (nSPS) is 11.4. The fourth-order valence-corrected chi connectivity index (χ4v) is 3.25. The third-order valence-electron chi connectivity index (χ3n) is 4.84. The van der Waals surface area contributed by atoms with Gasteiger partial charge >= 0.3 is 0 Å². The summed E-state index contributed by atoms with van der Waals surface area (Å²) >= 11 is 0. The lowest BCUT2D eigenvalue weighted by atomic mass is 9.98. The highest BCUT2D eigenvalue weighted by atomic mass is 19.1. The summed E-state index contributed by atoms with van der Waals surface area (Å²) in [5, 5.41) is 1.48. The van der Waals surface area contributed by atoms with E-state index in [4.69, 9.17) is 4.74 Å². The van der Waals surface area contributed by atoms with E-state index in [1.54, 1.807) is 6.07 Å². The van der Waals surface area contributed by atoms with E-state index >= 15 is 4.39 Å². The highest BCUT2D eigenvalue weighted by Gasteiger charge is 2.10. The molecule has 0 amide bonds. The number of aryl methyl sites for hydroxylation is 1. The molecule has 140 valence electrons. The standard InChI is InChI=1S/C25H27FO/c1-3-5-7-8-19-9-11-20(12-10-19)23-15-13-21-18-22(27-17-6-4-2)14-16-24(21)25(23)26/h4,6,9-16,18H,3,5,7-8,17H2,1-2H3. The monoisotopic (exact) mass is 362 g/mol. The van der Waals surface area contributed by atoms with Crippen LogP contribution in [-0.4, -0.2) is 6.61 Å². The van der Waals surface area contributed by atoms with Gasteiger partial charge in [0, 0.05) is 10.9 Å². The highest BCUT2D eigenvalue weighted by molar-refractivity contribution is 5.89. The van der Waals surface area contributed by atoms with Crippen LogP contribution in [0.25, 0.3) is 21.9 Å². The molecule has 0 fully saturated rings. The fourth-order valence-electron chi connectivity index (χ4n) is 3.25. The number of unbranched alkanes of at least 4 members (excludes halogenated alkanes) is 2. The summed E-state index contributed by atoms with van der Waals surface area (Å²) in [5.41, 5.74) is 2.88. The molecule has 0 unspecified atom stereocenters. The molecule has 3 aromatic rings. The van der Waals surface area contributed by atoms with Crippen LogP contribution in [-0.2, 0) is 6.42 Å². The van der Waals surface area contributed by atoms with Gasteiger partial charge in [0.15, 0.2) is 0 Å². The Bertz CT molecular complexity index is 910. The van der Waals surface area contributed by atoms with Gasteiger partial charge in [0.2, 0.25) is 0 Å². The molecule has 0 heterocycles. The van der Waals surface area contributed by atoms with Crippen LogP contribution < -0.4 is 4.74 Å². The Morgan fingerprint density at radius 3 is 2.52 bits per heavy atom. The van der Waals surface area contributed by atoms with Crippen molar-refractivity contribution in [2.24, 2.45) is 0 Å². The van der Waals surface area contributed by atoms with Crippen LogP contribution >= 0.6 is 0 Å². The summed E-state index contributed by atoms with van der Waals surface area (Å²) < 4.78 is 20.7. The number of fused-ring (bicyclic) bond motifs is 1. The number of hydrogen-bond donors (Lipinski definition) is 0. The molecule has 0 saturated carbocycles. The third kappa shape index (κ3) is 4.77. The molecule has 0 N–H and O–H groups in total. The third-order valence-corrected chi connectivity index (χ3v) is 4.84. The first-order valence-corrected chi connectivity index (χ1v) is 9.78. The summed E-state index contributed by atoms with van der Waals surface area (Å²) in [5.74, 6) is 0.579. The van der Waals surface area contributed by atoms with Crippen molar-refractivity contribution in [3.05, 3.63) is 78.1 Å². The smallest absolute Gasteiger partial charge is 0.138 e. The van der Waals surface area contributed by atoms with Crippen LogP contribution in [0.5, 0.6) is 5.75 Å². The molecule has 0 aliphatic rings. The van der Waals surface area contributed by atoms with E-state index in [9.17, 15) is 0 Å². The Morgan fingerprint density at radius 2 is 1.78 bits per heavy atom. The topological polar surface area (TPSA) is 9.23 Å². The number of hydrogen-bond acceptors (Lipinski definition) is 1. The molecule has 3 rings (SSSR count). The molecular weight excluding hydrogens is 335 g/mol. The van der Waals surface area contributed by atoms with Crippen molar-refractivity contribution < 1.29 is 9.13 Å². The van der Waals surface area contributed by atoms with Crippen LogP contribution in [0.3, 0.4) is 0 Å². The van der Waals surface area contributed by atoms with Gasteiger partial charge in [-0.2, -0.15) is 0 Å². The molecule has 1 nitrogen and oxygen atoms in total. The first-order chi connectivity index (χ1) is 13.2. The van der Waals surface area contributed by atoms with E-state index in [1.807, 2.05) is 55.5 Å². The van der Waals surface area contributed by atoms with Gasteiger partial charge in [0.1, 0.15) is 18.2 Å². The zero-order valence-corrected chi connectivity index (χ0v) is 16.2. The van der Waals surface area contributed by atoms with Crippen molar-refractivity contribution in [1.29, 1.82) is 0 Å². The van der Waals surface area contributed by atoms with Crippen LogP contribution in [0.15, 0.2) is 66.7 Å². The first kappa shape index (κ1) is 19.2. The van der Waals surface area contributed by atoms with E-state index in [0.29, 0.717) is 17.6 Å². The number of halogens is 1. The minimum Gasteiger partial charge on any atom is -0.490 e. The molecule has 0 saturated heterocycles. The van der Waals surface area contributed by atoms with Crippen molar-refractivity contribution in [3.63, 3.8) is 0 Å². The maximum atomic E-state index is 15.1. The second kappa shape index (κ2) is 9.36. The number of rotatable bonds is 8. The Labute approximate surface area is 161 Å². The molecule has 0 bridgehead atoms. The summed E-state index contributed by atoms with van der Waals surface area (Å²) in [7, 11) is 0. The van der Waals surface area contributed by atoms with Gasteiger partial charge in [-0.25, -0.2) is 4.39 Å². The lowest BCUT2D eigenvalue weighted by Gasteiger charge is -2.10. The summed E-state index contributed by atoms with van der Waals surface area (Å²) in [6.45, 7) is 4.69. The zero-order chi connectivity index (χ0) is 19.1. The van der Waals surface area contributed by atoms with Crippen molar-refractivity contribution >= 4 is 10.8 Å². The number of ether oxygens (including phenoxy) is 1. The molecule has 3 aromatic carbocycles. The Morgan fingerprint density at radius 1 is 0.963 bits per heavy atom. The average molecular weight is 362 g/mol. The van der Waals surface area contributed by atoms with Gasteiger partial charge in [0.25, 0.3) is 0 Å².